The molecule has 0 aliphatic carbocycles. The Morgan fingerprint density at radius 1 is 1.25 bits per heavy atom. The van der Waals surface area contributed by atoms with E-state index in [9.17, 15) is 0 Å². The normalized spacial score (nSPS) is 10.5. The van der Waals surface area contributed by atoms with E-state index >= 15 is 0 Å². The zero-order valence-corrected chi connectivity index (χ0v) is 9.60. The second-order valence-corrected chi connectivity index (χ2v) is 5.97. The largest absolute Gasteiger partial charge is 0.242 e. The van der Waals surface area contributed by atoms with E-state index in [2.05, 4.69) is 25.9 Å². The molecule has 0 amide bonds. The van der Waals surface area contributed by atoms with Crippen molar-refractivity contribution in [2.45, 2.75) is 0 Å². The van der Waals surface area contributed by atoms with Crippen LogP contribution in [0.5, 0.6) is 0 Å². The van der Waals surface area contributed by atoms with Crippen LogP contribution in [-0.2, 0) is 0 Å². The number of halogens is 2. The molecule has 2 nitrogen and oxygen atoms in total. The first-order valence-corrected chi connectivity index (χ1v) is 5.79. The third-order valence-corrected chi connectivity index (χ3v) is 3.93. The van der Waals surface area contributed by atoms with Gasteiger partial charge in [-0.2, -0.15) is 0 Å². The summed E-state index contributed by atoms with van der Waals surface area (Å²) in [7, 11) is 0. The van der Waals surface area contributed by atoms with E-state index in [4.69, 9.17) is 11.6 Å². The van der Waals surface area contributed by atoms with Gasteiger partial charge in [0.1, 0.15) is 5.01 Å². The van der Waals surface area contributed by atoms with Gasteiger partial charge in [0.25, 0.3) is 0 Å². The van der Waals surface area contributed by atoms with Crippen molar-refractivity contribution in [2.75, 3.05) is 0 Å². The molecule has 0 saturated carbocycles. The highest BCUT2D eigenvalue weighted by atomic mass is 79.9. The fourth-order valence-electron chi connectivity index (χ4n) is 0.720. The Morgan fingerprint density at radius 3 is 2.58 bits per heavy atom. The molecule has 0 saturated heterocycles. The van der Waals surface area contributed by atoms with E-state index in [-0.39, 0.29) is 0 Å². The quantitative estimate of drug-likeness (QED) is 0.797. The van der Waals surface area contributed by atoms with E-state index in [1.165, 1.54) is 11.3 Å². The standard InChI is InChI=1S/C6H2BrClN2S2/c7-4-2-9-5(12-4)3-1-10-6(8)11-3/h1-2H. The average Bonchev–Trinajstić information content (AvgIpc) is 2.58. The highest BCUT2D eigenvalue weighted by molar-refractivity contribution is 9.11. The molecule has 0 fully saturated rings. The minimum Gasteiger partial charge on any atom is -0.242 e. The summed E-state index contributed by atoms with van der Waals surface area (Å²) in [5.74, 6) is 0. The van der Waals surface area contributed by atoms with Crippen LogP contribution in [0.1, 0.15) is 0 Å². The number of hydrogen-bond donors (Lipinski definition) is 0. The highest BCUT2D eigenvalue weighted by Crippen LogP contribution is 2.33. The maximum absolute atomic E-state index is 5.69. The van der Waals surface area contributed by atoms with Crippen molar-refractivity contribution >= 4 is 50.2 Å². The molecule has 2 aromatic rings. The Balaban J connectivity index is 2.43. The van der Waals surface area contributed by atoms with Gasteiger partial charge >= 0.3 is 0 Å². The SMILES string of the molecule is Clc1ncc(-c2ncc(Br)s2)s1. The summed E-state index contributed by atoms with van der Waals surface area (Å²) in [6.07, 6.45) is 3.51. The van der Waals surface area contributed by atoms with Gasteiger partial charge in [-0.25, -0.2) is 9.97 Å². The van der Waals surface area contributed by atoms with Crippen LogP contribution in [0.3, 0.4) is 0 Å². The monoisotopic (exact) mass is 280 g/mol. The molecule has 2 aromatic heterocycles. The fourth-order valence-corrected chi connectivity index (χ4v) is 2.91. The van der Waals surface area contributed by atoms with Gasteiger partial charge in [-0.15, -0.1) is 11.3 Å². The molecule has 0 bridgehead atoms. The molecule has 0 spiro atoms. The van der Waals surface area contributed by atoms with Crippen molar-refractivity contribution < 1.29 is 0 Å². The Morgan fingerprint density at radius 2 is 2.08 bits per heavy atom. The molecule has 0 aromatic carbocycles. The van der Waals surface area contributed by atoms with Gasteiger partial charge in [-0.3, -0.25) is 0 Å². The maximum atomic E-state index is 5.69. The van der Waals surface area contributed by atoms with Crippen molar-refractivity contribution in [3.8, 4) is 9.88 Å². The summed E-state index contributed by atoms with van der Waals surface area (Å²) < 4.78 is 1.57. The van der Waals surface area contributed by atoms with Gasteiger partial charge in [0, 0.05) is 6.20 Å². The van der Waals surface area contributed by atoms with Crippen LogP contribution in [0.4, 0.5) is 0 Å². The summed E-state index contributed by atoms with van der Waals surface area (Å²) in [5, 5.41) is 0.950. The number of hydrogen-bond acceptors (Lipinski definition) is 4. The lowest BCUT2D eigenvalue weighted by Gasteiger charge is -1.82. The lowest BCUT2D eigenvalue weighted by Crippen LogP contribution is -1.64. The van der Waals surface area contributed by atoms with Crippen LogP contribution in [0.2, 0.25) is 4.47 Å². The van der Waals surface area contributed by atoms with Crippen LogP contribution >= 0.6 is 50.2 Å². The third kappa shape index (κ3) is 1.69. The summed E-state index contributed by atoms with van der Waals surface area (Å²) in [6, 6.07) is 0. The number of nitrogens with zero attached hydrogens (tertiary/aromatic N) is 2. The molecule has 0 aliphatic heterocycles. The van der Waals surface area contributed by atoms with Gasteiger partial charge in [-0.05, 0) is 15.9 Å². The molecule has 2 rings (SSSR count). The molecule has 62 valence electrons. The second kappa shape index (κ2) is 3.41. The second-order valence-electron chi connectivity index (χ2n) is 1.95. The Hall–Kier alpha value is 0.0300. The Kier molecular flexibility index (Phi) is 2.45. The molecule has 0 aliphatic rings. The van der Waals surface area contributed by atoms with Crippen LogP contribution in [-0.4, -0.2) is 9.97 Å². The fraction of sp³-hybridized carbons (Fsp3) is 0. The first-order valence-electron chi connectivity index (χ1n) is 2.99. The Labute approximate surface area is 90.4 Å². The number of aromatic nitrogens is 2. The molecule has 2 heterocycles. The van der Waals surface area contributed by atoms with E-state index in [0.29, 0.717) is 4.47 Å². The first kappa shape index (κ1) is 8.62. The predicted molar refractivity (Wildman–Crippen MR) is 55.9 cm³/mol. The van der Waals surface area contributed by atoms with Gasteiger partial charge in [0.15, 0.2) is 4.47 Å². The minimum absolute atomic E-state index is 0.552. The van der Waals surface area contributed by atoms with Crippen molar-refractivity contribution in [2.24, 2.45) is 0 Å². The molecule has 0 N–H and O–H groups in total. The zero-order valence-electron chi connectivity index (χ0n) is 5.62. The topological polar surface area (TPSA) is 25.8 Å². The van der Waals surface area contributed by atoms with Crippen LogP contribution in [0.25, 0.3) is 9.88 Å². The highest BCUT2D eigenvalue weighted by Gasteiger charge is 2.06. The van der Waals surface area contributed by atoms with Gasteiger partial charge in [-0.1, -0.05) is 22.9 Å². The molecular weight excluding hydrogens is 280 g/mol. The van der Waals surface area contributed by atoms with Gasteiger partial charge < -0.3 is 0 Å². The molecular formula is C6H2BrClN2S2. The number of thiazole rings is 2. The van der Waals surface area contributed by atoms with Crippen molar-refractivity contribution in [3.63, 3.8) is 0 Å². The summed E-state index contributed by atoms with van der Waals surface area (Å²) in [6.45, 7) is 0. The Bertz CT molecular complexity index is 359. The van der Waals surface area contributed by atoms with Crippen molar-refractivity contribution in [1.82, 2.24) is 9.97 Å². The van der Waals surface area contributed by atoms with Crippen LogP contribution in [0, 0.1) is 0 Å². The lowest BCUT2D eigenvalue weighted by molar-refractivity contribution is 1.39. The predicted octanol–water partition coefficient (Wildman–Crippen LogP) is 3.68. The molecule has 12 heavy (non-hydrogen) atoms. The smallest absolute Gasteiger partial charge is 0.184 e. The average molecular weight is 282 g/mol. The van der Waals surface area contributed by atoms with Crippen LogP contribution in [0.15, 0.2) is 16.2 Å². The zero-order chi connectivity index (χ0) is 8.55. The van der Waals surface area contributed by atoms with E-state index in [0.717, 1.165) is 13.7 Å². The summed E-state index contributed by atoms with van der Waals surface area (Å²) >= 11 is 12.0. The molecule has 0 radical (unpaired) electrons. The van der Waals surface area contributed by atoms with E-state index in [1.807, 2.05) is 0 Å². The maximum Gasteiger partial charge on any atom is 0.184 e. The lowest BCUT2D eigenvalue weighted by atomic mass is 10.6. The van der Waals surface area contributed by atoms with Crippen molar-refractivity contribution in [1.29, 1.82) is 0 Å². The summed E-state index contributed by atoms with van der Waals surface area (Å²) in [4.78, 5) is 9.13. The first-order chi connectivity index (χ1) is 5.75. The third-order valence-electron chi connectivity index (χ3n) is 1.17. The molecule has 6 heteroatoms. The van der Waals surface area contributed by atoms with Gasteiger partial charge in [0.05, 0.1) is 14.9 Å². The van der Waals surface area contributed by atoms with Crippen molar-refractivity contribution in [3.05, 3.63) is 20.6 Å². The van der Waals surface area contributed by atoms with Crippen LogP contribution < -0.4 is 0 Å². The molecule has 0 atom stereocenters. The molecule has 0 unspecified atom stereocenters. The number of rotatable bonds is 1. The summed E-state index contributed by atoms with van der Waals surface area (Å²) in [5.41, 5.74) is 0. The van der Waals surface area contributed by atoms with Gasteiger partial charge in [0.2, 0.25) is 0 Å². The minimum atomic E-state index is 0.552. The van der Waals surface area contributed by atoms with E-state index < -0.39 is 0 Å². The van der Waals surface area contributed by atoms with E-state index in [1.54, 1.807) is 23.7 Å².